The van der Waals surface area contributed by atoms with Gasteiger partial charge in [-0.2, -0.15) is 0 Å². The molecule has 2 rings (SSSR count). The van der Waals surface area contributed by atoms with Gasteiger partial charge < -0.3 is 15.4 Å². The Morgan fingerprint density at radius 2 is 2.00 bits per heavy atom. The van der Waals surface area contributed by atoms with Crippen molar-refractivity contribution < 1.29 is 4.74 Å². The minimum Gasteiger partial charge on any atom is -0.381 e. The summed E-state index contributed by atoms with van der Waals surface area (Å²) in [6.45, 7) is 6.92. The Balaban J connectivity index is 1.99. The van der Waals surface area contributed by atoms with Crippen LogP contribution in [0.1, 0.15) is 33.1 Å². The highest BCUT2D eigenvalue weighted by Gasteiger charge is 2.27. The largest absolute Gasteiger partial charge is 0.381 e. The summed E-state index contributed by atoms with van der Waals surface area (Å²) in [6.07, 6.45) is 4.70. The van der Waals surface area contributed by atoms with Gasteiger partial charge >= 0.3 is 0 Å². The van der Waals surface area contributed by atoms with E-state index in [1.165, 1.54) is 0 Å². The van der Waals surface area contributed by atoms with E-state index in [1.54, 1.807) is 6.33 Å². The van der Waals surface area contributed by atoms with Gasteiger partial charge in [0.15, 0.2) is 0 Å². The topological polar surface area (TPSA) is 59.1 Å². The molecule has 1 aromatic rings. The van der Waals surface area contributed by atoms with Gasteiger partial charge in [0.1, 0.15) is 18.0 Å². The van der Waals surface area contributed by atoms with Gasteiger partial charge in [0.2, 0.25) is 0 Å². The number of rotatable bonds is 5. The van der Waals surface area contributed by atoms with E-state index >= 15 is 0 Å². The molecule has 1 aliphatic heterocycles. The van der Waals surface area contributed by atoms with Crippen molar-refractivity contribution in [3.63, 3.8) is 0 Å². The van der Waals surface area contributed by atoms with E-state index in [2.05, 4.69) is 34.4 Å². The van der Waals surface area contributed by atoms with Crippen LogP contribution in [0.5, 0.6) is 0 Å². The van der Waals surface area contributed by atoms with Crippen molar-refractivity contribution in [3.05, 3.63) is 12.4 Å². The molecule has 2 N–H and O–H groups in total. The number of nitrogens with one attached hydrogen (secondary N) is 2. The zero-order chi connectivity index (χ0) is 12.8. The smallest absolute Gasteiger partial charge is 0.131 e. The molecule has 0 saturated carbocycles. The summed E-state index contributed by atoms with van der Waals surface area (Å²) in [6, 6.07) is 1.97. The van der Waals surface area contributed by atoms with Gasteiger partial charge in [-0.15, -0.1) is 0 Å². The molecular formula is C13H22N4O. The van der Waals surface area contributed by atoms with Crippen LogP contribution in [0.2, 0.25) is 0 Å². The fraction of sp³-hybridized carbons (Fsp3) is 0.692. The van der Waals surface area contributed by atoms with E-state index < -0.39 is 0 Å². The maximum Gasteiger partial charge on any atom is 0.131 e. The van der Waals surface area contributed by atoms with Crippen LogP contribution in [-0.2, 0) is 4.74 Å². The molecule has 0 aromatic carbocycles. The zero-order valence-electron chi connectivity index (χ0n) is 11.2. The summed E-state index contributed by atoms with van der Waals surface area (Å²) >= 11 is 0. The number of nitrogens with zero attached hydrogens (tertiary/aromatic N) is 2. The maximum atomic E-state index is 5.39. The van der Waals surface area contributed by atoms with Crippen LogP contribution in [-0.4, -0.2) is 35.3 Å². The molecule has 1 saturated heterocycles. The lowest BCUT2D eigenvalue weighted by atomic mass is 9.92. The van der Waals surface area contributed by atoms with Crippen molar-refractivity contribution >= 4 is 11.6 Å². The van der Waals surface area contributed by atoms with Gasteiger partial charge in [0.05, 0.1) is 0 Å². The lowest BCUT2D eigenvalue weighted by Gasteiger charge is -2.34. The molecule has 1 fully saturated rings. The molecule has 0 aliphatic carbocycles. The lowest BCUT2D eigenvalue weighted by molar-refractivity contribution is 0.0657. The second-order valence-corrected chi connectivity index (χ2v) is 5.01. The maximum absolute atomic E-state index is 5.39. The molecule has 5 heteroatoms. The number of hydrogen-bond donors (Lipinski definition) is 2. The van der Waals surface area contributed by atoms with E-state index in [9.17, 15) is 0 Å². The molecule has 0 amide bonds. The van der Waals surface area contributed by atoms with E-state index in [4.69, 9.17) is 4.74 Å². The van der Waals surface area contributed by atoms with Crippen molar-refractivity contribution in [2.75, 3.05) is 30.4 Å². The second-order valence-electron chi connectivity index (χ2n) is 5.01. The summed E-state index contributed by atoms with van der Waals surface area (Å²) in [5.74, 6) is 1.76. The van der Waals surface area contributed by atoms with Crippen LogP contribution in [0.25, 0.3) is 0 Å². The molecular weight excluding hydrogens is 228 g/mol. The predicted molar refractivity (Wildman–Crippen MR) is 72.9 cm³/mol. The van der Waals surface area contributed by atoms with Gasteiger partial charge in [0, 0.05) is 31.4 Å². The van der Waals surface area contributed by atoms with E-state index in [0.29, 0.717) is 0 Å². The first-order chi connectivity index (χ1) is 8.72. The Bertz CT molecular complexity index is 377. The first kappa shape index (κ1) is 13.1. The number of anilines is 2. The van der Waals surface area contributed by atoms with Crippen molar-refractivity contribution in [2.24, 2.45) is 0 Å². The van der Waals surface area contributed by atoms with Crippen molar-refractivity contribution in [2.45, 2.75) is 38.6 Å². The summed E-state index contributed by atoms with van der Waals surface area (Å²) in [5, 5.41) is 6.77. The van der Waals surface area contributed by atoms with Gasteiger partial charge in [-0.05, 0) is 26.2 Å². The molecule has 0 atom stereocenters. The van der Waals surface area contributed by atoms with Gasteiger partial charge in [-0.25, -0.2) is 9.97 Å². The molecule has 1 aromatic heterocycles. The molecule has 2 heterocycles. The third-order valence-corrected chi connectivity index (χ3v) is 3.25. The minimum absolute atomic E-state index is 0.0780. The molecule has 1 aliphatic rings. The molecule has 100 valence electrons. The standard InChI is InChI=1S/C13H22N4O/c1-3-6-14-11-9-12(16-10-15-11)17-13(2)4-7-18-8-5-13/h9-10H,3-8H2,1-2H3,(H2,14,15,16,17). The Morgan fingerprint density at radius 3 is 2.72 bits per heavy atom. The normalized spacial score (nSPS) is 18.3. The number of ether oxygens (including phenoxy) is 1. The zero-order valence-corrected chi connectivity index (χ0v) is 11.2. The van der Waals surface area contributed by atoms with Crippen LogP contribution in [0.15, 0.2) is 12.4 Å². The Morgan fingerprint density at radius 1 is 1.28 bits per heavy atom. The third kappa shape index (κ3) is 3.57. The fourth-order valence-electron chi connectivity index (χ4n) is 2.03. The second kappa shape index (κ2) is 6.00. The summed E-state index contributed by atoms with van der Waals surface area (Å²) in [5.41, 5.74) is 0.0780. The highest BCUT2D eigenvalue weighted by atomic mass is 16.5. The lowest BCUT2D eigenvalue weighted by Crippen LogP contribution is -2.40. The van der Waals surface area contributed by atoms with E-state index in [1.807, 2.05) is 6.07 Å². The summed E-state index contributed by atoms with van der Waals surface area (Å²) < 4.78 is 5.39. The monoisotopic (exact) mass is 250 g/mol. The van der Waals surface area contributed by atoms with Crippen LogP contribution < -0.4 is 10.6 Å². The SMILES string of the molecule is CCCNc1cc(NC2(C)CCOCC2)ncn1. The highest BCUT2D eigenvalue weighted by Crippen LogP contribution is 2.24. The number of hydrogen-bond acceptors (Lipinski definition) is 5. The van der Waals surface area contributed by atoms with Crippen molar-refractivity contribution in [1.29, 1.82) is 0 Å². The summed E-state index contributed by atoms with van der Waals surface area (Å²) in [7, 11) is 0. The summed E-state index contributed by atoms with van der Waals surface area (Å²) in [4.78, 5) is 8.49. The van der Waals surface area contributed by atoms with Crippen LogP contribution in [0.3, 0.4) is 0 Å². The average Bonchev–Trinajstić information content (AvgIpc) is 2.37. The van der Waals surface area contributed by atoms with E-state index in [0.717, 1.165) is 50.7 Å². The fourth-order valence-corrected chi connectivity index (χ4v) is 2.03. The van der Waals surface area contributed by atoms with Gasteiger partial charge in [0.25, 0.3) is 0 Å². The van der Waals surface area contributed by atoms with Gasteiger partial charge in [-0.3, -0.25) is 0 Å². The number of aromatic nitrogens is 2. The van der Waals surface area contributed by atoms with E-state index in [-0.39, 0.29) is 5.54 Å². The molecule has 5 nitrogen and oxygen atoms in total. The van der Waals surface area contributed by atoms with Crippen LogP contribution in [0, 0.1) is 0 Å². The predicted octanol–water partition coefficient (Wildman–Crippen LogP) is 2.28. The average molecular weight is 250 g/mol. The quantitative estimate of drug-likeness (QED) is 0.839. The molecule has 0 spiro atoms. The van der Waals surface area contributed by atoms with Crippen LogP contribution >= 0.6 is 0 Å². The van der Waals surface area contributed by atoms with Crippen molar-refractivity contribution in [3.8, 4) is 0 Å². The molecule has 0 bridgehead atoms. The third-order valence-electron chi connectivity index (χ3n) is 3.25. The first-order valence-electron chi connectivity index (χ1n) is 6.64. The highest BCUT2D eigenvalue weighted by molar-refractivity contribution is 5.47. The molecule has 18 heavy (non-hydrogen) atoms. The molecule has 0 radical (unpaired) electrons. The van der Waals surface area contributed by atoms with Crippen molar-refractivity contribution in [1.82, 2.24) is 9.97 Å². The Labute approximate surface area is 108 Å². The minimum atomic E-state index is 0.0780. The first-order valence-corrected chi connectivity index (χ1v) is 6.64. The van der Waals surface area contributed by atoms with Crippen LogP contribution in [0.4, 0.5) is 11.6 Å². The Kier molecular flexibility index (Phi) is 4.36. The Hall–Kier alpha value is -1.36. The van der Waals surface area contributed by atoms with Gasteiger partial charge in [-0.1, -0.05) is 6.92 Å². The molecule has 0 unspecified atom stereocenters.